The van der Waals surface area contributed by atoms with Crippen molar-refractivity contribution < 1.29 is 9.53 Å². The van der Waals surface area contributed by atoms with Gasteiger partial charge in [0, 0.05) is 44.7 Å². The van der Waals surface area contributed by atoms with Gasteiger partial charge in [-0.1, -0.05) is 36.4 Å². The molecular formula is C22H27N3O2. The Bertz CT molecular complexity index is 802. The number of ether oxygens (including phenoxy) is 1. The molecule has 0 aromatic heterocycles. The van der Waals surface area contributed by atoms with E-state index in [0.717, 1.165) is 50.2 Å². The van der Waals surface area contributed by atoms with Crippen LogP contribution in [0.3, 0.4) is 0 Å². The number of nitrogens with one attached hydrogen (secondary N) is 1. The SMILES string of the molecule is CN(C[C@@H]1CCCO1)C(=O)Nc1ccccc1CN1CCc2ccccc21. The maximum atomic E-state index is 12.6. The Morgan fingerprint density at radius 1 is 1.22 bits per heavy atom. The largest absolute Gasteiger partial charge is 0.376 e. The predicted octanol–water partition coefficient (Wildman–Crippen LogP) is 3.89. The van der Waals surface area contributed by atoms with E-state index in [1.807, 2.05) is 25.2 Å². The van der Waals surface area contributed by atoms with Gasteiger partial charge in [0.2, 0.25) is 0 Å². The molecule has 0 bridgehead atoms. The van der Waals surface area contributed by atoms with Crippen molar-refractivity contribution in [2.24, 2.45) is 0 Å². The fourth-order valence-electron chi connectivity index (χ4n) is 3.94. The van der Waals surface area contributed by atoms with Crippen LogP contribution in [0, 0.1) is 0 Å². The summed E-state index contributed by atoms with van der Waals surface area (Å²) in [6.45, 7) is 3.25. The number of amides is 2. The number of urea groups is 1. The third kappa shape index (κ3) is 4.08. The minimum atomic E-state index is -0.0835. The summed E-state index contributed by atoms with van der Waals surface area (Å²) in [5.41, 5.74) is 4.71. The first kappa shape index (κ1) is 17.9. The van der Waals surface area contributed by atoms with Gasteiger partial charge in [0.15, 0.2) is 0 Å². The Morgan fingerprint density at radius 3 is 2.89 bits per heavy atom. The number of hydrogen-bond donors (Lipinski definition) is 1. The lowest BCUT2D eigenvalue weighted by atomic mass is 10.1. The smallest absolute Gasteiger partial charge is 0.321 e. The minimum absolute atomic E-state index is 0.0835. The van der Waals surface area contributed by atoms with Crippen LogP contribution in [-0.4, -0.2) is 43.8 Å². The van der Waals surface area contributed by atoms with Crippen LogP contribution in [0.4, 0.5) is 16.2 Å². The van der Waals surface area contributed by atoms with Crippen LogP contribution in [0.5, 0.6) is 0 Å². The van der Waals surface area contributed by atoms with Gasteiger partial charge in [-0.05, 0) is 42.5 Å². The number of likely N-dealkylation sites (N-methyl/N-ethyl adjacent to an activating group) is 1. The number of nitrogens with zero attached hydrogens (tertiary/aromatic N) is 2. The first-order valence-corrected chi connectivity index (χ1v) is 9.75. The topological polar surface area (TPSA) is 44.8 Å². The highest BCUT2D eigenvalue weighted by Crippen LogP contribution is 2.30. The number of carbonyl (C=O) groups is 1. The molecule has 5 heteroatoms. The number of hydrogen-bond acceptors (Lipinski definition) is 3. The number of rotatable bonds is 5. The zero-order valence-electron chi connectivity index (χ0n) is 15.9. The van der Waals surface area contributed by atoms with Crippen LogP contribution < -0.4 is 10.2 Å². The molecule has 0 spiro atoms. The van der Waals surface area contributed by atoms with Crippen LogP contribution in [-0.2, 0) is 17.7 Å². The molecule has 0 saturated carbocycles. The Morgan fingerprint density at radius 2 is 2.04 bits per heavy atom. The van der Waals surface area contributed by atoms with Crippen LogP contribution in [0.15, 0.2) is 48.5 Å². The van der Waals surface area contributed by atoms with Gasteiger partial charge in [0.05, 0.1) is 6.10 Å². The van der Waals surface area contributed by atoms with Gasteiger partial charge in [-0.2, -0.15) is 0 Å². The molecule has 142 valence electrons. The molecular weight excluding hydrogens is 338 g/mol. The molecule has 2 aromatic carbocycles. The molecule has 27 heavy (non-hydrogen) atoms. The lowest BCUT2D eigenvalue weighted by molar-refractivity contribution is 0.0894. The number of anilines is 2. The number of carbonyl (C=O) groups excluding carboxylic acids is 1. The molecule has 1 N–H and O–H groups in total. The molecule has 0 unspecified atom stereocenters. The first-order valence-electron chi connectivity index (χ1n) is 9.75. The highest BCUT2D eigenvalue weighted by atomic mass is 16.5. The van der Waals surface area contributed by atoms with Crippen molar-refractivity contribution in [3.8, 4) is 0 Å². The quantitative estimate of drug-likeness (QED) is 0.874. The molecule has 0 aliphatic carbocycles. The average molecular weight is 365 g/mol. The predicted molar refractivity (Wildman–Crippen MR) is 108 cm³/mol. The molecule has 2 amide bonds. The zero-order valence-corrected chi connectivity index (χ0v) is 15.9. The van der Waals surface area contributed by atoms with Crippen molar-refractivity contribution in [2.75, 3.05) is 37.0 Å². The maximum absolute atomic E-state index is 12.6. The highest BCUT2D eigenvalue weighted by molar-refractivity contribution is 5.90. The highest BCUT2D eigenvalue weighted by Gasteiger charge is 2.22. The fraction of sp³-hybridized carbons (Fsp3) is 0.409. The van der Waals surface area contributed by atoms with E-state index >= 15 is 0 Å². The summed E-state index contributed by atoms with van der Waals surface area (Å²) in [7, 11) is 1.83. The summed E-state index contributed by atoms with van der Waals surface area (Å²) < 4.78 is 5.64. The van der Waals surface area contributed by atoms with Crippen molar-refractivity contribution in [2.45, 2.75) is 31.9 Å². The molecule has 2 aliphatic rings. The molecule has 4 rings (SSSR count). The Hall–Kier alpha value is -2.53. The van der Waals surface area contributed by atoms with Gasteiger partial charge in [0.25, 0.3) is 0 Å². The van der Waals surface area contributed by atoms with Gasteiger partial charge in [-0.3, -0.25) is 0 Å². The molecule has 1 atom stereocenters. The zero-order chi connectivity index (χ0) is 18.6. The lowest BCUT2D eigenvalue weighted by Gasteiger charge is -2.24. The van der Waals surface area contributed by atoms with Crippen LogP contribution >= 0.6 is 0 Å². The summed E-state index contributed by atoms with van der Waals surface area (Å²) in [5, 5.41) is 3.09. The monoisotopic (exact) mass is 365 g/mol. The number of benzene rings is 2. The van der Waals surface area contributed by atoms with E-state index in [2.05, 4.69) is 40.5 Å². The van der Waals surface area contributed by atoms with Crippen molar-refractivity contribution in [1.82, 2.24) is 4.90 Å². The second kappa shape index (κ2) is 8.01. The van der Waals surface area contributed by atoms with Crippen LogP contribution in [0.2, 0.25) is 0 Å². The van der Waals surface area contributed by atoms with Crippen LogP contribution in [0.25, 0.3) is 0 Å². The van der Waals surface area contributed by atoms with Gasteiger partial charge < -0.3 is 19.9 Å². The lowest BCUT2D eigenvalue weighted by Crippen LogP contribution is -2.37. The number of fused-ring (bicyclic) bond motifs is 1. The van der Waals surface area contributed by atoms with Crippen molar-refractivity contribution in [3.05, 3.63) is 59.7 Å². The second-order valence-electron chi connectivity index (χ2n) is 7.40. The first-order chi connectivity index (χ1) is 13.2. The summed E-state index contributed by atoms with van der Waals surface area (Å²) >= 11 is 0. The van der Waals surface area contributed by atoms with Gasteiger partial charge >= 0.3 is 6.03 Å². The Labute approximate surface area is 160 Å². The van der Waals surface area contributed by atoms with E-state index in [1.54, 1.807) is 4.90 Å². The summed E-state index contributed by atoms with van der Waals surface area (Å²) in [6, 6.07) is 16.6. The van der Waals surface area contributed by atoms with Crippen LogP contribution in [0.1, 0.15) is 24.0 Å². The van der Waals surface area contributed by atoms with Gasteiger partial charge in [0.1, 0.15) is 0 Å². The summed E-state index contributed by atoms with van der Waals surface area (Å²) in [6.07, 6.45) is 3.36. The standard InChI is InChI=1S/C22H27N3O2/c1-24(16-19-9-6-14-27-19)22(26)23-20-10-4-2-8-18(20)15-25-13-12-17-7-3-5-11-21(17)25/h2-5,7-8,10-11,19H,6,9,12-16H2,1H3,(H,23,26)/t19-/m0/s1. The molecule has 5 nitrogen and oxygen atoms in total. The van der Waals surface area contributed by atoms with E-state index < -0.39 is 0 Å². The molecule has 2 heterocycles. The van der Waals surface area contributed by atoms with E-state index in [9.17, 15) is 4.79 Å². The van der Waals surface area contributed by atoms with Crippen molar-refractivity contribution in [1.29, 1.82) is 0 Å². The number of para-hydroxylation sites is 2. The fourth-order valence-corrected chi connectivity index (χ4v) is 3.94. The molecule has 1 saturated heterocycles. The minimum Gasteiger partial charge on any atom is -0.376 e. The summed E-state index contributed by atoms with van der Waals surface area (Å²) in [5.74, 6) is 0. The van der Waals surface area contributed by atoms with Gasteiger partial charge in [-0.25, -0.2) is 4.79 Å². The van der Waals surface area contributed by atoms with Crippen molar-refractivity contribution in [3.63, 3.8) is 0 Å². The Kier molecular flexibility index (Phi) is 5.30. The van der Waals surface area contributed by atoms with E-state index in [4.69, 9.17) is 4.74 Å². The second-order valence-corrected chi connectivity index (χ2v) is 7.40. The Balaban J connectivity index is 1.43. The normalized spacial score (nSPS) is 18.4. The summed E-state index contributed by atoms with van der Waals surface area (Å²) in [4.78, 5) is 16.7. The van der Waals surface area contributed by atoms with E-state index in [0.29, 0.717) is 6.54 Å². The molecule has 1 fully saturated rings. The average Bonchev–Trinajstić information content (AvgIpc) is 3.33. The van der Waals surface area contributed by atoms with E-state index in [1.165, 1.54) is 11.3 Å². The molecule has 2 aromatic rings. The maximum Gasteiger partial charge on any atom is 0.321 e. The van der Waals surface area contributed by atoms with E-state index in [-0.39, 0.29) is 12.1 Å². The molecule has 2 aliphatic heterocycles. The van der Waals surface area contributed by atoms with Crippen molar-refractivity contribution >= 4 is 17.4 Å². The third-order valence-electron chi connectivity index (χ3n) is 5.45. The molecule has 0 radical (unpaired) electrons. The third-order valence-corrected chi connectivity index (χ3v) is 5.45. The van der Waals surface area contributed by atoms with Gasteiger partial charge in [-0.15, -0.1) is 0 Å².